The van der Waals surface area contributed by atoms with Gasteiger partial charge in [-0.3, -0.25) is 9.69 Å². The van der Waals surface area contributed by atoms with E-state index in [-0.39, 0.29) is 24.6 Å². The predicted molar refractivity (Wildman–Crippen MR) is 164 cm³/mol. The monoisotopic (exact) mass is 565 g/mol. The Morgan fingerprint density at radius 1 is 1.07 bits per heavy atom. The molecule has 2 heterocycles. The number of benzene rings is 2. The SMILES string of the molecule is CCCNC(=O)N(CCCSc1nc2ccccc2n1CC(=O)OC(C)CC)c1ccc(N2CCCCC2)cc1. The molecule has 0 saturated carbocycles. The van der Waals surface area contributed by atoms with Crippen molar-refractivity contribution in [3.8, 4) is 0 Å². The first-order valence-corrected chi connectivity index (χ1v) is 15.7. The molecule has 40 heavy (non-hydrogen) atoms. The lowest BCUT2D eigenvalue weighted by Gasteiger charge is -2.29. The fourth-order valence-electron chi connectivity index (χ4n) is 4.85. The van der Waals surface area contributed by atoms with Crippen molar-refractivity contribution in [2.24, 2.45) is 0 Å². The maximum atomic E-state index is 13.1. The highest BCUT2D eigenvalue weighted by atomic mass is 32.2. The summed E-state index contributed by atoms with van der Waals surface area (Å²) in [5.41, 5.74) is 3.90. The Bertz CT molecular complexity index is 1240. The zero-order chi connectivity index (χ0) is 28.3. The number of esters is 1. The molecule has 1 aliphatic heterocycles. The molecule has 0 spiro atoms. The maximum absolute atomic E-state index is 13.1. The Balaban J connectivity index is 1.41. The van der Waals surface area contributed by atoms with Crippen molar-refractivity contribution in [2.45, 2.75) is 77.1 Å². The van der Waals surface area contributed by atoms with Gasteiger partial charge in [0.1, 0.15) is 6.54 Å². The van der Waals surface area contributed by atoms with Gasteiger partial charge >= 0.3 is 12.0 Å². The Kier molecular flexibility index (Phi) is 11.1. The summed E-state index contributed by atoms with van der Waals surface area (Å²) in [6, 6.07) is 16.2. The quantitative estimate of drug-likeness (QED) is 0.145. The topological polar surface area (TPSA) is 79.7 Å². The van der Waals surface area contributed by atoms with Crippen molar-refractivity contribution < 1.29 is 14.3 Å². The molecule has 1 atom stereocenters. The van der Waals surface area contributed by atoms with Gasteiger partial charge in [-0.15, -0.1) is 0 Å². The van der Waals surface area contributed by atoms with Crippen molar-refractivity contribution in [1.29, 1.82) is 0 Å². The lowest BCUT2D eigenvalue weighted by Crippen LogP contribution is -2.41. The van der Waals surface area contributed by atoms with E-state index < -0.39 is 0 Å². The number of piperidine rings is 1. The molecule has 2 amide bonds. The van der Waals surface area contributed by atoms with Gasteiger partial charge in [-0.05, 0) is 81.8 Å². The Hall–Kier alpha value is -3.20. The van der Waals surface area contributed by atoms with Crippen LogP contribution in [0.25, 0.3) is 11.0 Å². The van der Waals surface area contributed by atoms with E-state index in [0.29, 0.717) is 13.1 Å². The van der Waals surface area contributed by atoms with Crippen molar-refractivity contribution in [1.82, 2.24) is 14.9 Å². The molecule has 0 radical (unpaired) electrons. The molecular formula is C31H43N5O3S. The molecule has 1 saturated heterocycles. The van der Waals surface area contributed by atoms with E-state index in [9.17, 15) is 9.59 Å². The van der Waals surface area contributed by atoms with Crippen LogP contribution in [0.5, 0.6) is 0 Å². The van der Waals surface area contributed by atoms with Gasteiger partial charge in [0.15, 0.2) is 5.16 Å². The zero-order valence-corrected chi connectivity index (χ0v) is 24.9. The number of rotatable bonds is 13. The molecule has 0 bridgehead atoms. The highest BCUT2D eigenvalue weighted by molar-refractivity contribution is 7.99. The number of aromatic nitrogens is 2. The van der Waals surface area contributed by atoms with Gasteiger partial charge in [0, 0.05) is 43.3 Å². The third-order valence-corrected chi connectivity index (χ3v) is 8.29. The minimum atomic E-state index is -0.258. The van der Waals surface area contributed by atoms with Crippen LogP contribution in [0.3, 0.4) is 0 Å². The normalized spacial score (nSPS) is 14.2. The van der Waals surface area contributed by atoms with E-state index in [1.165, 1.54) is 24.9 Å². The molecule has 1 N–H and O–H groups in total. The second-order valence-electron chi connectivity index (χ2n) is 10.3. The summed E-state index contributed by atoms with van der Waals surface area (Å²) in [7, 11) is 0. The molecule has 3 aromatic rings. The van der Waals surface area contributed by atoms with Crippen LogP contribution in [0.4, 0.5) is 16.2 Å². The van der Waals surface area contributed by atoms with Crippen LogP contribution in [-0.4, -0.2) is 59.6 Å². The summed E-state index contributed by atoms with van der Waals surface area (Å²) in [4.78, 5) is 34.7. The number of amides is 2. The van der Waals surface area contributed by atoms with Crippen LogP contribution in [0, 0.1) is 0 Å². The molecule has 216 valence electrons. The third kappa shape index (κ3) is 7.93. The fraction of sp³-hybridized carbons (Fsp3) is 0.516. The predicted octanol–water partition coefficient (Wildman–Crippen LogP) is 6.48. The summed E-state index contributed by atoms with van der Waals surface area (Å²) in [5.74, 6) is 0.499. The Labute approximate surface area is 242 Å². The van der Waals surface area contributed by atoms with Crippen LogP contribution in [0.15, 0.2) is 53.7 Å². The van der Waals surface area contributed by atoms with Gasteiger partial charge < -0.3 is 19.5 Å². The number of para-hydroxylation sites is 2. The number of carbonyl (C=O) groups excluding carboxylic acids is 2. The van der Waals surface area contributed by atoms with E-state index in [1.54, 1.807) is 11.8 Å². The van der Waals surface area contributed by atoms with E-state index >= 15 is 0 Å². The van der Waals surface area contributed by atoms with E-state index in [1.807, 2.05) is 47.6 Å². The summed E-state index contributed by atoms with van der Waals surface area (Å²) in [6.45, 7) is 9.51. The summed E-state index contributed by atoms with van der Waals surface area (Å²) in [6.07, 6.45) is 6.10. The fourth-order valence-corrected chi connectivity index (χ4v) is 5.79. The number of hydrogen-bond acceptors (Lipinski definition) is 6. The molecule has 4 rings (SSSR count). The van der Waals surface area contributed by atoms with Crippen molar-refractivity contribution >= 4 is 46.2 Å². The van der Waals surface area contributed by atoms with Gasteiger partial charge in [-0.25, -0.2) is 9.78 Å². The van der Waals surface area contributed by atoms with E-state index in [4.69, 9.17) is 9.72 Å². The zero-order valence-electron chi connectivity index (χ0n) is 24.1. The standard InChI is InChI=1S/C31H43N5O3S/c1-4-18-32-30(38)35(26-16-14-25(15-17-26)34-19-9-6-10-20-34)21-11-22-40-31-33-27-12-7-8-13-28(27)36(31)23-29(37)39-24(3)5-2/h7-8,12-17,24H,4-6,9-11,18-23H2,1-3H3,(H,32,38). The molecule has 9 heteroatoms. The number of hydrogen-bond donors (Lipinski definition) is 1. The van der Waals surface area contributed by atoms with Crippen molar-refractivity contribution in [3.05, 3.63) is 48.5 Å². The molecule has 1 aromatic heterocycles. The van der Waals surface area contributed by atoms with Crippen LogP contribution >= 0.6 is 11.8 Å². The third-order valence-electron chi connectivity index (χ3n) is 7.23. The first kappa shape index (κ1) is 29.8. The number of nitrogens with zero attached hydrogens (tertiary/aromatic N) is 4. The van der Waals surface area contributed by atoms with Gasteiger partial charge in [0.2, 0.25) is 0 Å². The smallest absolute Gasteiger partial charge is 0.326 e. The van der Waals surface area contributed by atoms with Crippen molar-refractivity contribution in [2.75, 3.05) is 41.7 Å². The number of ether oxygens (including phenoxy) is 1. The second-order valence-corrected chi connectivity index (χ2v) is 11.4. The molecule has 1 unspecified atom stereocenters. The van der Waals surface area contributed by atoms with Crippen LogP contribution in [0.1, 0.15) is 59.3 Å². The number of thioether (sulfide) groups is 1. The minimum absolute atomic E-state index is 0.0717. The molecule has 1 aliphatic rings. The average molecular weight is 566 g/mol. The Morgan fingerprint density at radius 3 is 2.55 bits per heavy atom. The number of carbonyl (C=O) groups is 2. The van der Waals surface area contributed by atoms with E-state index in [0.717, 1.165) is 60.0 Å². The maximum Gasteiger partial charge on any atom is 0.326 e. The molecule has 0 aliphatic carbocycles. The number of urea groups is 1. The van der Waals surface area contributed by atoms with Crippen LogP contribution in [0.2, 0.25) is 0 Å². The number of nitrogens with one attached hydrogen (secondary N) is 1. The molecule has 1 fully saturated rings. The van der Waals surface area contributed by atoms with Gasteiger partial charge in [0.05, 0.1) is 17.1 Å². The summed E-state index contributed by atoms with van der Waals surface area (Å²) >= 11 is 1.61. The lowest BCUT2D eigenvalue weighted by atomic mass is 10.1. The first-order valence-electron chi connectivity index (χ1n) is 14.7. The second kappa shape index (κ2) is 15.0. The van der Waals surface area contributed by atoms with Crippen molar-refractivity contribution in [3.63, 3.8) is 0 Å². The highest BCUT2D eigenvalue weighted by Gasteiger charge is 2.19. The number of imidazole rings is 1. The van der Waals surface area contributed by atoms with E-state index in [2.05, 4.69) is 41.4 Å². The number of fused-ring (bicyclic) bond motifs is 1. The van der Waals surface area contributed by atoms with Gasteiger partial charge in [-0.2, -0.15) is 0 Å². The summed E-state index contributed by atoms with van der Waals surface area (Å²) < 4.78 is 7.48. The molecule has 8 nitrogen and oxygen atoms in total. The highest BCUT2D eigenvalue weighted by Crippen LogP contribution is 2.27. The lowest BCUT2D eigenvalue weighted by molar-refractivity contribution is -0.149. The summed E-state index contributed by atoms with van der Waals surface area (Å²) in [5, 5.41) is 3.83. The van der Waals surface area contributed by atoms with Crippen LogP contribution < -0.4 is 15.1 Å². The minimum Gasteiger partial charge on any atom is -0.461 e. The van der Waals surface area contributed by atoms with Gasteiger partial charge in [0.25, 0.3) is 0 Å². The first-order chi connectivity index (χ1) is 19.5. The van der Waals surface area contributed by atoms with Gasteiger partial charge in [-0.1, -0.05) is 37.7 Å². The molecule has 2 aromatic carbocycles. The van der Waals surface area contributed by atoms with Crippen LogP contribution in [-0.2, 0) is 16.1 Å². The molecular weight excluding hydrogens is 522 g/mol. The largest absolute Gasteiger partial charge is 0.461 e. The average Bonchev–Trinajstić information content (AvgIpc) is 3.33. The number of anilines is 2. The Morgan fingerprint density at radius 2 is 1.82 bits per heavy atom.